The Morgan fingerprint density at radius 2 is 1.68 bits per heavy atom. The van der Waals surface area contributed by atoms with Crippen molar-refractivity contribution in [1.82, 2.24) is 9.80 Å². The second-order valence-electron chi connectivity index (χ2n) is 8.39. The summed E-state index contributed by atoms with van der Waals surface area (Å²) in [6, 6.07) is 18.9. The van der Waals surface area contributed by atoms with E-state index < -0.39 is 0 Å². The first-order valence-corrected chi connectivity index (χ1v) is 11.3. The average Bonchev–Trinajstić information content (AvgIpc) is 3.23. The zero-order valence-electron chi connectivity index (χ0n) is 20.3. The van der Waals surface area contributed by atoms with E-state index in [-0.39, 0.29) is 25.0 Å². The fourth-order valence-corrected chi connectivity index (χ4v) is 3.53. The molecule has 0 unspecified atom stereocenters. The van der Waals surface area contributed by atoms with Crippen molar-refractivity contribution in [1.29, 1.82) is 0 Å². The Hall–Kier alpha value is -3.58. The van der Waals surface area contributed by atoms with E-state index in [2.05, 4.69) is 5.32 Å². The van der Waals surface area contributed by atoms with Gasteiger partial charge >= 0.3 is 6.03 Å². The van der Waals surface area contributed by atoms with E-state index in [1.54, 1.807) is 12.0 Å². The molecule has 34 heavy (non-hydrogen) atoms. The highest BCUT2D eigenvalue weighted by Gasteiger charge is 2.23. The van der Waals surface area contributed by atoms with Crippen LogP contribution in [0.4, 0.5) is 10.5 Å². The second-order valence-corrected chi connectivity index (χ2v) is 8.39. The van der Waals surface area contributed by atoms with Gasteiger partial charge in [0.15, 0.2) is 0 Å². The zero-order valence-corrected chi connectivity index (χ0v) is 20.3. The molecular formula is C27H33N3O4. The summed E-state index contributed by atoms with van der Waals surface area (Å²) in [6.07, 6.45) is 0. The Morgan fingerprint density at radius 1 is 0.912 bits per heavy atom. The van der Waals surface area contributed by atoms with Crippen LogP contribution < -0.4 is 5.32 Å². The van der Waals surface area contributed by atoms with Gasteiger partial charge in [0.1, 0.15) is 18.1 Å². The monoisotopic (exact) mass is 463 g/mol. The Labute approximate surface area is 201 Å². The van der Waals surface area contributed by atoms with Gasteiger partial charge in [0.2, 0.25) is 5.91 Å². The Bertz CT molecular complexity index is 1090. The van der Waals surface area contributed by atoms with Crippen molar-refractivity contribution in [2.45, 2.75) is 33.9 Å². The van der Waals surface area contributed by atoms with Crippen molar-refractivity contribution in [3.8, 4) is 0 Å². The van der Waals surface area contributed by atoms with Gasteiger partial charge in [0.25, 0.3) is 0 Å². The van der Waals surface area contributed by atoms with E-state index in [1.807, 2.05) is 81.4 Å². The van der Waals surface area contributed by atoms with E-state index in [0.29, 0.717) is 31.1 Å². The molecule has 3 rings (SSSR count). The molecule has 0 saturated heterocycles. The average molecular weight is 464 g/mol. The molecule has 0 fully saturated rings. The Balaban J connectivity index is 1.75. The van der Waals surface area contributed by atoms with Crippen LogP contribution in [-0.2, 0) is 22.6 Å². The van der Waals surface area contributed by atoms with Crippen LogP contribution in [0.5, 0.6) is 0 Å². The van der Waals surface area contributed by atoms with Crippen LogP contribution in [0, 0.1) is 20.8 Å². The summed E-state index contributed by atoms with van der Waals surface area (Å²) in [5.74, 6) is 1.31. The highest BCUT2D eigenvalue weighted by atomic mass is 16.5. The number of urea groups is 1. The van der Waals surface area contributed by atoms with Gasteiger partial charge in [0, 0.05) is 25.9 Å². The lowest BCUT2D eigenvalue weighted by atomic mass is 10.1. The number of aryl methyl sites for hydroxylation is 3. The number of carbonyl (C=O) groups excluding carboxylic acids is 2. The van der Waals surface area contributed by atoms with E-state index in [0.717, 1.165) is 22.5 Å². The quantitative estimate of drug-likeness (QED) is 0.463. The molecule has 0 atom stereocenters. The molecule has 0 spiro atoms. The summed E-state index contributed by atoms with van der Waals surface area (Å²) in [4.78, 5) is 29.7. The molecule has 0 saturated carbocycles. The molecule has 0 aliphatic rings. The van der Waals surface area contributed by atoms with Gasteiger partial charge in [-0.2, -0.15) is 0 Å². The molecule has 0 bridgehead atoms. The zero-order chi connectivity index (χ0) is 24.5. The number of hydrogen-bond donors (Lipinski definition) is 1. The molecule has 0 radical (unpaired) electrons. The largest absolute Gasteiger partial charge is 0.464 e. The van der Waals surface area contributed by atoms with E-state index in [1.165, 1.54) is 4.90 Å². The van der Waals surface area contributed by atoms with E-state index in [9.17, 15) is 9.59 Å². The van der Waals surface area contributed by atoms with Crippen molar-refractivity contribution in [2.24, 2.45) is 0 Å². The van der Waals surface area contributed by atoms with Crippen molar-refractivity contribution < 1.29 is 18.7 Å². The summed E-state index contributed by atoms with van der Waals surface area (Å²) in [7, 11) is 1.57. The fourth-order valence-electron chi connectivity index (χ4n) is 3.53. The maximum atomic E-state index is 13.4. The molecule has 1 N–H and O–H groups in total. The number of furan rings is 1. The summed E-state index contributed by atoms with van der Waals surface area (Å²) >= 11 is 0. The predicted octanol–water partition coefficient (Wildman–Crippen LogP) is 4.91. The number of carbonyl (C=O) groups is 2. The first kappa shape index (κ1) is 25.1. The normalized spacial score (nSPS) is 10.7. The molecule has 0 aliphatic carbocycles. The number of anilines is 1. The standard InChI is InChI=1S/C27H33N3O4/c1-20-10-12-24(16-21(20)2)28-27(32)29(14-15-33-4)19-26(31)30(17-23-8-6-5-7-9-23)18-25-13-11-22(3)34-25/h5-13,16H,14-15,17-19H2,1-4H3,(H,28,32). The first-order valence-electron chi connectivity index (χ1n) is 11.3. The number of hydrogen-bond acceptors (Lipinski definition) is 4. The van der Waals surface area contributed by atoms with E-state index >= 15 is 0 Å². The summed E-state index contributed by atoms with van der Waals surface area (Å²) in [6.45, 7) is 7.15. The Morgan fingerprint density at radius 3 is 2.32 bits per heavy atom. The minimum absolute atomic E-state index is 0.0768. The van der Waals surface area contributed by atoms with Gasteiger partial charge in [0.05, 0.1) is 13.2 Å². The first-order chi connectivity index (χ1) is 16.4. The predicted molar refractivity (Wildman–Crippen MR) is 133 cm³/mol. The number of benzene rings is 2. The van der Waals surface area contributed by atoms with Gasteiger partial charge in [-0.25, -0.2) is 4.79 Å². The summed E-state index contributed by atoms with van der Waals surface area (Å²) in [5.41, 5.74) is 3.92. The van der Waals surface area contributed by atoms with Crippen LogP contribution in [0.25, 0.3) is 0 Å². The van der Waals surface area contributed by atoms with Crippen molar-refractivity contribution >= 4 is 17.6 Å². The third kappa shape index (κ3) is 7.22. The second kappa shape index (κ2) is 12.0. The Kier molecular flexibility index (Phi) is 8.87. The van der Waals surface area contributed by atoms with Crippen molar-refractivity contribution in [2.75, 3.05) is 32.1 Å². The maximum Gasteiger partial charge on any atom is 0.322 e. The molecule has 7 nitrogen and oxygen atoms in total. The van der Waals surface area contributed by atoms with Gasteiger partial charge < -0.3 is 24.3 Å². The number of nitrogens with one attached hydrogen (secondary N) is 1. The van der Waals surface area contributed by atoms with Crippen molar-refractivity contribution in [3.05, 3.63) is 88.9 Å². The van der Waals surface area contributed by atoms with Gasteiger partial charge in [-0.1, -0.05) is 36.4 Å². The van der Waals surface area contributed by atoms with E-state index in [4.69, 9.17) is 9.15 Å². The molecule has 1 aromatic heterocycles. The van der Waals surface area contributed by atoms with Gasteiger partial charge in [-0.3, -0.25) is 4.79 Å². The highest BCUT2D eigenvalue weighted by molar-refractivity contribution is 5.92. The molecule has 2 aromatic carbocycles. The molecule has 0 aliphatic heterocycles. The van der Waals surface area contributed by atoms with Gasteiger partial charge in [-0.05, 0) is 61.7 Å². The molecular weight excluding hydrogens is 430 g/mol. The molecule has 3 aromatic rings. The SMILES string of the molecule is COCCN(CC(=O)N(Cc1ccccc1)Cc1ccc(C)o1)C(=O)Nc1ccc(C)c(C)c1. The number of rotatable bonds is 10. The van der Waals surface area contributed by atoms with Crippen LogP contribution in [0.3, 0.4) is 0 Å². The van der Waals surface area contributed by atoms with Crippen LogP contribution >= 0.6 is 0 Å². The molecule has 1 heterocycles. The smallest absolute Gasteiger partial charge is 0.322 e. The maximum absolute atomic E-state index is 13.4. The highest BCUT2D eigenvalue weighted by Crippen LogP contribution is 2.16. The molecule has 3 amide bonds. The lowest BCUT2D eigenvalue weighted by Crippen LogP contribution is -2.45. The number of amides is 3. The van der Waals surface area contributed by atoms with Crippen LogP contribution in [0.15, 0.2) is 65.1 Å². The van der Waals surface area contributed by atoms with Crippen LogP contribution in [0.2, 0.25) is 0 Å². The third-order valence-electron chi connectivity index (χ3n) is 5.65. The topological polar surface area (TPSA) is 75.0 Å². The van der Waals surface area contributed by atoms with Crippen LogP contribution in [-0.4, -0.2) is 48.5 Å². The molecule has 7 heteroatoms. The number of ether oxygens (including phenoxy) is 1. The minimum atomic E-state index is -0.345. The van der Waals surface area contributed by atoms with Crippen molar-refractivity contribution in [3.63, 3.8) is 0 Å². The lowest BCUT2D eigenvalue weighted by molar-refractivity contribution is -0.133. The number of nitrogens with zero attached hydrogens (tertiary/aromatic N) is 2. The lowest BCUT2D eigenvalue weighted by Gasteiger charge is -2.27. The third-order valence-corrected chi connectivity index (χ3v) is 5.65. The number of methoxy groups -OCH3 is 1. The van der Waals surface area contributed by atoms with Gasteiger partial charge in [-0.15, -0.1) is 0 Å². The molecule has 180 valence electrons. The minimum Gasteiger partial charge on any atom is -0.464 e. The fraction of sp³-hybridized carbons (Fsp3) is 0.333. The summed E-state index contributed by atoms with van der Waals surface area (Å²) in [5, 5.41) is 2.91. The van der Waals surface area contributed by atoms with Crippen LogP contribution in [0.1, 0.15) is 28.2 Å². The summed E-state index contributed by atoms with van der Waals surface area (Å²) < 4.78 is 10.9.